The summed E-state index contributed by atoms with van der Waals surface area (Å²) in [4.78, 5) is 22.1. The maximum absolute atomic E-state index is 11.9. The molecule has 0 atom stereocenters. The monoisotopic (exact) mass is 312 g/mol. The van der Waals surface area contributed by atoms with Gasteiger partial charge in [-0.1, -0.05) is 23.2 Å². The van der Waals surface area contributed by atoms with Gasteiger partial charge in [-0.25, -0.2) is 0 Å². The number of benzene rings is 1. The minimum atomic E-state index is -0.653. The molecular weight excluding hydrogens is 307 g/mol. The standard InChI is InChI=1S/C11H6Cl2N4O3/c12-6-1-3-9(17(19)20)8(5-6)14-11(18)7-2-4-10(13)16-15-7/h1-5H,(H,14,18). The molecular formula is C11H6Cl2N4O3. The van der Waals surface area contributed by atoms with Crippen molar-refractivity contribution in [3.63, 3.8) is 0 Å². The number of nitrogens with one attached hydrogen (secondary N) is 1. The first-order chi connectivity index (χ1) is 9.47. The van der Waals surface area contributed by atoms with Gasteiger partial charge in [0.2, 0.25) is 0 Å². The lowest BCUT2D eigenvalue weighted by atomic mass is 10.2. The lowest BCUT2D eigenvalue weighted by molar-refractivity contribution is -0.383. The number of anilines is 1. The van der Waals surface area contributed by atoms with Gasteiger partial charge >= 0.3 is 0 Å². The molecule has 9 heteroatoms. The summed E-state index contributed by atoms with van der Waals surface area (Å²) in [7, 11) is 0. The third-order valence-electron chi connectivity index (χ3n) is 2.27. The number of halogens is 2. The van der Waals surface area contributed by atoms with Crippen LogP contribution in [0.1, 0.15) is 10.5 Å². The van der Waals surface area contributed by atoms with Crippen molar-refractivity contribution in [2.75, 3.05) is 5.32 Å². The second kappa shape index (κ2) is 5.81. The highest BCUT2D eigenvalue weighted by Gasteiger charge is 2.17. The summed E-state index contributed by atoms with van der Waals surface area (Å²) in [5, 5.41) is 20.7. The van der Waals surface area contributed by atoms with Crippen LogP contribution in [0.4, 0.5) is 11.4 Å². The van der Waals surface area contributed by atoms with Gasteiger partial charge in [0.05, 0.1) is 4.92 Å². The zero-order valence-corrected chi connectivity index (χ0v) is 11.2. The Kier molecular flexibility index (Phi) is 4.11. The molecule has 1 amide bonds. The SMILES string of the molecule is O=C(Nc1cc(Cl)ccc1[N+](=O)[O-])c1ccc(Cl)nn1. The number of rotatable bonds is 3. The number of hydrogen-bond acceptors (Lipinski definition) is 5. The van der Waals surface area contributed by atoms with E-state index >= 15 is 0 Å². The highest BCUT2D eigenvalue weighted by atomic mass is 35.5. The largest absolute Gasteiger partial charge is 0.315 e. The lowest BCUT2D eigenvalue weighted by Gasteiger charge is -2.05. The average molecular weight is 313 g/mol. The Bertz CT molecular complexity index is 676. The quantitative estimate of drug-likeness (QED) is 0.694. The van der Waals surface area contributed by atoms with Gasteiger partial charge in [0.1, 0.15) is 5.69 Å². The van der Waals surface area contributed by atoms with E-state index in [-0.39, 0.29) is 27.2 Å². The summed E-state index contributed by atoms with van der Waals surface area (Å²) in [6.07, 6.45) is 0. The molecule has 1 N–H and O–H groups in total. The summed E-state index contributed by atoms with van der Waals surface area (Å²) in [6, 6.07) is 6.57. The molecule has 0 radical (unpaired) electrons. The fraction of sp³-hybridized carbons (Fsp3) is 0. The number of carbonyl (C=O) groups is 1. The molecule has 0 aliphatic carbocycles. The van der Waals surface area contributed by atoms with E-state index in [9.17, 15) is 14.9 Å². The van der Waals surface area contributed by atoms with Crippen molar-refractivity contribution in [2.45, 2.75) is 0 Å². The smallest absolute Gasteiger partial charge is 0.292 e. The van der Waals surface area contributed by atoms with Crippen molar-refractivity contribution < 1.29 is 9.72 Å². The molecule has 0 aliphatic heterocycles. The number of amides is 1. The van der Waals surface area contributed by atoms with Gasteiger partial charge in [-0.05, 0) is 24.3 Å². The fourth-order valence-electron chi connectivity index (χ4n) is 1.39. The van der Waals surface area contributed by atoms with Crippen LogP contribution < -0.4 is 5.32 Å². The Hall–Kier alpha value is -2.25. The van der Waals surface area contributed by atoms with Crippen molar-refractivity contribution in [3.05, 3.63) is 56.3 Å². The molecule has 0 aliphatic rings. The summed E-state index contributed by atoms with van der Waals surface area (Å²) in [6.45, 7) is 0. The van der Waals surface area contributed by atoms with E-state index in [0.717, 1.165) is 0 Å². The number of nitro groups is 1. The molecule has 0 bridgehead atoms. The van der Waals surface area contributed by atoms with E-state index in [2.05, 4.69) is 15.5 Å². The first kappa shape index (κ1) is 14.2. The average Bonchev–Trinajstić information content (AvgIpc) is 2.39. The van der Waals surface area contributed by atoms with E-state index in [1.54, 1.807) is 0 Å². The molecule has 1 heterocycles. The number of aromatic nitrogens is 2. The Balaban J connectivity index is 2.29. The Morgan fingerprint density at radius 1 is 1.20 bits per heavy atom. The van der Waals surface area contributed by atoms with E-state index in [1.807, 2.05) is 0 Å². The Morgan fingerprint density at radius 2 is 1.95 bits per heavy atom. The molecule has 0 spiro atoms. The van der Waals surface area contributed by atoms with Crippen molar-refractivity contribution in [1.29, 1.82) is 0 Å². The third-order valence-corrected chi connectivity index (χ3v) is 2.70. The molecule has 2 rings (SSSR count). The maximum atomic E-state index is 11.9. The van der Waals surface area contributed by atoms with Gasteiger partial charge in [0, 0.05) is 11.1 Å². The second-order valence-corrected chi connectivity index (χ2v) is 4.44. The van der Waals surface area contributed by atoms with E-state index in [1.165, 1.54) is 30.3 Å². The van der Waals surface area contributed by atoms with Crippen LogP contribution in [0, 0.1) is 10.1 Å². The van der Waals surface area contributed by atoms with Gasteiger partial charge in [0.15, 0.2) is 10.8 Å². The van der Waals surface area contributed by atoms with E-state index in [0.29, 0.717) is 0 Å². The van der Waals surface area contributed by atoms with Crippen molar-refractivity contribution in [1.82, 2.24) is 10.2 Å². The minimum Gasteiger partial charge on any atom is -0.315 e. The van der Waals surface area contributed by atoms with Gasteiger partial charge in [-0.3, -0.25) is 14.9 Å². The van der Waals surface area contributed by atoms with Crippen molar-refractivity contribution in [3.8, 4) is 0 Å². The van der Waals surface area contributed by atoms with Crippen LogP contribution in [0.2, 0.25) is 10.2 Å². The second-order valence-electron chi connectivity index (χ2n) is 3.61. The molecule has 0 saturated heterocycles. The predicted octanol–water partition coefficient (Wildman–Crippen LogP) is 2.94. The molecule has 0 saturated carbocycles. The number of carbonyl (C=O) groups excluding carboxylic acids is 1. The van der Waals surface area contributed by atoms with Gasteiger partial charge < -0.3 is 5.32 Å². The lowest BCUT2D eigenvalue weighted by Crippen LogP contribution is -2.15. The van der Waals surface area contributed by atoms with Crippen LogP contribution in [0.25, 0.3) is 0 Å². The summed E-state index contributed by atoms with van der Waals surface area (Å²) >= 11 is 11.3. The molecule has 102 valence electrons. The molecule has 1 aromatic carbocycles. The third kappa shape index (κ3) is 3.19. The summed E-state index contributed by atoms with van der Waals surface area (Å²) < 4.78 is 0. The zero-order chi connectivity index (χ0) is 14.7. The number of hydrogen-bond donors (Lipinski definition) is 1. The zero-order valence-electron chi connectivity index (χ0n) is 9.71. The van der Waals surface area contributed by atoms with Crippen LogP contribution in [-0.2, 0) is 0 Å². The van der Waals surface area contributed by atoms with E-state index in [4.69, 9.17) is 23.2 Å². The van der Waals surface area contributed by atoms with Crippen molar-refractivity contribution in [2.24, 2.45) is 0 Å². The predicted molar refractivity (Wildman–Crippen MR) is 73.1 cm³/mol. The van der Waals surface area contributed by atoms with Gasteiger partial charge in [-0.2, -0.15) is 0 Å². The molecule has 7 nitrogen and oxygen atoms in total. The van der Waals surface area contributed by atoms with Crippen molar-refractivity contribution >= 4 is 40.5 Å². The first-order valence-corrected chi connectivity index (χ1v) is 5.97. The first-order valence-electron chi connectivity index (χ1n) is 5.22. The number of nitro benzene ring substituents is 1. The molecule has 20 heavy (non-hydrogen) atoms. The van der Waals surface area contributed by atoms with Gasteiger partial charge in [-0.15, -0.1) is 10.2 Å². The Labute approximate surface area is 122 Å². The van der Waals surface area contributed by atoms with Crippen LogP contribution in [0.3, 0.4) is 0 Å². The van der Waals surface area contributed by atoms with Crippen LogP contribution in [0.15, 0.2) is 30.3 Å². The van der Waals surface area contributed by atoms with E-state index < -0.39 is 10.8 Å². The molecule has 0 fully saturated rings. The number of nitrogens with zero attached hydrogens (tertiary/aromatic N) is 3. The fourth-order valence-corrected chi connectivity index (χ4v) is 1.66. The molecule has 1 aromatic heterocycles. The molecule has 0 unspecified atom stereocenters. The minimum absolute atomic E-state index is 0.0238. The summed E-state index contributed by atoms with van der Waals surface area (Å²) in [5.74, 6) is -0.653. The summed E-state index contributed by atoms with van der Waals surface area (Å²) in [5.41, 5.74) is -0.322. The highest BCUT2D eigenvalue weighted by molar-refractivity contribution is 6.31. The Morgan fingerprint density at radius 3 is 2.55 bits per heavy atom. The topological polar surface area (TPSA) is 98.0 Å². The maximum Gasteiger partial charge on any atom is 0.292 e. The van der Waals surface area contributed by atoms with Gasteiger partial charge in [0.25, 0.3) is 11.6 Å². The highest BCUT2D eigenvalue weighted by Crippen LogP contribution is 2.27. The van der Waals surface area contributed by atoms with Crippen LogP contribution in [0.5, 0.6) is 0 Å². The van der Waals surface area contributed by atoms with Crippen LogP contribution >= 0.6 is 23.2 Å². The van der Waals surface area contributed by atoms with Crippen LogP contribution in [-0.4, -0.2) is 21.0 Å². The normalized spacial score (nSPS) is 10.1. The molecule has 2 aromatic rings.